The van der Waals surface area contributed by atoms with Crippen LogP contribution in [0.3, 0.4) is 0 Å². The number of benzene rings is 2. The molecule has 2 aromatic carbocycles. The van der Waals surface area contributed by atoms with Gasteiger partial charge in [-0.1, -0.05) is 55.5 Å². The molecule has 1 N–H and O–H groups in total. The van der Waals surface area contributed by atoms with Gasteiger partial charge >= 0.3 is 0 Å². The Labute approximate surface area is 145 Å². The van der Waals surface area contributed by atoms with E-state index in [1.807, 2.05) is 63.2 Å². The number of aryl methyl sites for hydroxylation is 2. The Bertz CT molecular complexity index is 639. The Morgan fingerprint density at radius 1 is 1.08 bits per heavy atom. The lowest BCUT2D eigenvalue weighted by Gasteiger charge is -2.21. The number of nitrogens with one attached hydrogen (secondary N) is 1. The molecule has 0 spiro atoms. The molecular formula is C21H27NO2. The average Bonchev–Trinajstić information content (AvgIpc) is 2.60. The fourth-order valence-electron chi connectivity index (χ4n) is 2.60. The van der Waals surface area contributed by atoms with E-state index in [0.717, 1.165) is 24.2 Å². The molecule has 0 saturated carbocycles. The molecule has 0 unspecified atom stereocenters. The van der Waals surface area contributed by atoms with Gasteiger partial charge in [0.1, 0.15) is 5.75 Å². The van der Waals surface area contributed by atoms with Crippen molar-refractivity contribution in [2.45, 2.75) is 52.2 Å². The summed E-state index contributed by atoms with van der Waals surface area (Å²) in [6, 6.07) is 18.2. The van der Waals surface area contributed by atoms with Crippen molar-refractivity contribution in [2.75, 3.05) is 0 Å². The maximum absolute atomic E-state index is 12.5. The van der Waals surface area contributed by atoms with Gasteiger partial charge in [-0.2, -0.15) is 0 Å². The standard InChI is InChI=1S/C21H27NO2/c1-4-19(24-20-13-9-8-10-16(20)2)21(23)22-17(3)14-15-18-11-6-5-7-12-18/h5-13,17,19H,4,14-15H2,1-3H3,(H,22,23)/t17-,19+/m1/s1. The van der Waals surface area contributed by atoms with E-state index in [-0.39, 0.29) is 11.9 Å². The SMILES string of the molecule is CC[C@H](Oc1ccccc1C)C(=O)N[C@H](C)CCc1ccccc1. The van der Waals surface area contributed by atoms with Crippen molar-refractivity contribution in [2.24, 2.45) is 0 Å². The monoisotopic (exact) mass is 325 g/mol. The molecular weight excluding hydrogens is 298 g/mol. The summed E-state index contributed by atoms with van der Waals surface area (Å²) >= 11 is 0. The fraction of sp³-hybridized carbons (Fsp3) is 0.381. The number of hydrogen-bond acceptors (Lipinski definition) is 2. The van der Waals surface area contributed by atoms with Gasteiger partial charge in [0.15, 0.2) is 6.10 Å². The lowest BCUT2D eigenvalue weighted by Crippen LogP contribution is -2.42. The van der Waals surface area contributed by atoms with Gasteiger partial charge in [-0.25, -0.2) is 0 Å². The highest BCUT2D eigenvalue weighted by Gasteiger charge is 2.20. The highest BCUT2D eigenvalue weighted by molar-refractivity contribution is 5.81. The fourth-order valence-corrected chi connectivity index (χ4v) is 2.60. The minimum absolute atomic E-state index is 0.0404. The Morgan fingerprint density at radius 3 is 2.42 bits per heavy atom. The molecule has 0 aliphatic rings. The molecule has 0 aliphatic heterocycles. The first-order chi connectivity index (χ1) is 11.6. The molecule has 0 bridgehead atoms. The molecule has 2 rings (SSSR count). The van der Waals surface area contributed by atoms with Crippen LogP contribution in [0.5, 0.6) is 5.75 Å². The van der Waals surface area contributed by atoms with Crippen LogP contribution in [0.15, 0.2) is 54.6 Å². The van der Waals surface area contributed by atoms with Gasteiger partial charge in [-0.3, -0.25) is 4.79 Å². The van der Waals surface area contributed by atoms with Crippen LogP contribution < -0.4 is 10.1 Å². The van der Waals surface area contributed by atoms with Crippen LogP contribution in [-0.4, -0.2) is 18.1 Å². The number of amides is 1. The van der Waals surface area contributed by atoms with E-state index in [1.165, 1.54) is 5.56 Å². The van der Waals surface area contributed by atoms with Crippen LogP contribution in [0.1, 0.15) is 37.8 Å². The number of hydrogen-bond donors (Lipinski definition) is 1. The molecule has 0 heterocycles. The topological polar surface area (TPSA) is 38.3 Å². The second-order valence-electron chi connectivity index (χ2n) is 6.21. The molecule has 0 aliphatic carbocycles. The van der Waals surface area contributed by atoms with Crippen LogP contribution in [0.4, 0.5) is 0 Å². The van der Waals surface area contributed by atoms with Gasteiger partial charge in [0.25, 0.3) is 5.91 Å². The van der Waals surface area contributed by atoms with E-state index < -0.39 is 6.10 Å². The summed E-state index contributed by atoms with van der Waals surface area (Å²) in [5.41, 5.74) is 2.34. The van der Waals surface area contributed by atoms with Gasteiger partial charge in [0.2, 0.25) is 0 Å². The summed E-state index contributed by atoms with van der Waals surface area (Å²) < 4.78 is 5.91. The smallest absolute Gasteiger partial charge is 0.261 e. The minimum atomic E-state index is -0.453. The summed E-state index contributed by atoms with van der Waals surface area (Å²) in [5, 5.41) is 3.08. The summed E-state index contributed by atoms with van der Waals surface area (Å²) in [5.74, 6) is 0.734. The number of carbonyl (C=O) groups excluding carboxylic acids is 1. The van der Waals surface area contributed by atoms with Crippen molar-refractivity contribution in [3.63, 3.8) is 0 Å². The minimum Gasteiger partial charge on any atom is -0.480 e. The Hall–Kier alpha value is -2.29. The van der Waals surface area contributed by atoms with Crippen LogP contribution in [-0.2, 0) is 11.2 Å². The van der Waals surface area contributed by atoms with Gasteiger partial charge in [0.05, 0.1) is 0 Å². The molecule has 128 valence electrons. The summed E-state index contributed by atoms with van der Waals surface area (Å²) in [7, 11) is 0. The molecule has 2 atom stereocenters. The number of carbonyl (C=O) groups is 1. The quantitative estimate of drug-likeness (QED) is 0.786. The predicted molar refractivity (Wildman–Crippen MR) is 98.3 cm³/mol. The summed E-state index contributed by atoms with van der Waals surface area (Å²) in [6.45, 7) is 6.00. The van der Waals surface area contributed by atoms with Gasteiger partial charge in [-0.05, 0) is 50.3 Å². The maximum atomic E-state index is 12.5. The van der Waals surface area contributed by atoms with Crippen LogP contribution >= 0.6 is 0 Å². The van der Waals surface area contributed by atoms with Crippen molar-refractivity contribution in [3.05, 3.63) is 65.7 Å². The van der Waals surface area contributed by atoms with Crippen LogP contribution in [0.25, 0.3) is 0 Å². The molecule has 0 radical (unpaired) electrons. The van der Waals surface area contributed by atoms with E-state index in [1.54, 1.807) is 0 Å². The highest BCUT2D eigenvalue weighted by Crippen LogP contribution is 2.19. The second kappa shape index (κ2) is 9.11. The molecule has 3 heteroatoms. The molecule has 0 fully saturated rings. The zero-order valence-corrected chi connectivity index (χ0v) is 14.8. The lowest BCUT2D eigenvalue weighted by molar-refractivity contribution is -0.128. The molecule has 0 aromatic heterocycles. The number of rotatable bonds is 8. The van der Waals surface area contributed by atoms with Crippen molar-refractivity contribution in [1.29, 1.82) is 0 Å². The normalized spacial score (nSPS) is 13.1. The first-order valence-corrected chi connectivity index (χ1v) is 8.66. The predicted octanol–water partition coefficient (Wildman–Crippen LogP) is 4.29. The Kier molecular flexibility index (Phi) is 6.86. The first-order valence-electron chi connectivity index (χ1n) is 8.66. The largest absolute Gasteiger partial charge is 0.480 e. The Morgan fingerprint density at radius 2 is 1.75 bits per heavy atom. The molecule has 3 nitrogen and oxygen atoms in total. The third kappa shape index (κ3) is 5.41. The molecule has 2 aromatic rings. The van der Waals surface area contributed by atoms with Crippen molar-refractivity contribution < 1.29 is 9.53 Å². The van der Waals surface area contributed by atoms with Crippen molar-refractivity contribution >= 4 is 5.91 Å². The van der Waals surface area contributed by atoms with Crippen LogP contribution in [0.2, 0.25) is 0 Å². The molecule has 24 heavy (non-hydrogen) atoms. The van der Waals surface area contributed by atoms with Crippen LogP contribution in [0, 0.1) is 6.92 Å². The van der Waals surface area contributed by atoms with Crippen molar-refractivity contribution in [1.82, 2.24) is 5.32 Å². The summed E-state index contributed by atoms with van der Waals surface area (Å²) in [6.07, 6.45) is 2.06. The van der Waals surface area contributed by atoms with Gasteiger partial charge < -0.3 is 10.1 Å². The van der Waals surface area contributed by atoms with E-state index in [4.69, 9.17) is 4.74 Å². The number of ether oxygens (including phenoxy) is 1. The van der Waals surface area contributed by atoms with E-state index >= 15 is 0 Å². The molecule has 1 amide bonds. The first kappa shape index (κ1) is 18.1. The highest BCUT2D eigenvalue weighted by atomic mass is 16.5. The summed E-state index contributed by atoms with van der Waals surface area (Å²) in [4.78, 5) is 12.5. The molecule has 0 saturated heterocycles. The van der Waals surface area contributed by atoms with E-state index in [2.05, 4.69) is 17.4 Å². The third-order valence-corrected chi connectivity index (χ3v) is 4.12. The lowest BCUT2D eigenvalue weighted by atomic mass is 10.1. The number of para-hydroxylation sites is 1. The van der Waals surface area contributed by atoms with Gasteiger partial charge in [0, 0.05) is 6.04 Å². The zero-order chi connectivity index (χ0) is 17.4. The third-order valence-electron chi connectivity index (χ3n) is 4.12. The zero-order valence-electron chi connectivity index (χ0n) is 14.8. The van der Waals surface area contributed by atoms with Gasteiger partial charge in [-0.15, -0.1) is 0 Å². The maximum Gasteiger partial charge on any atom is 0.261 e. The van der Waals surface area contributed by atoms with E-state index in [0.29, 0.717) is 6.42 Å². The average molecular weight is 325 g/mol. The van der Waals surface area contributed by atoms with Crippen molar-refractivity contribution in [3.8, 4) is 5.75 Å². The second-order valence-corrected chi connectivity index (χ2v) is 6.21. The van der Waals surface area contributed by atoms with E-state index in [9.17, 15) is 4.79 Å². The Balaban J connectivity index is 1.85.